The van der Waals surface area contributed by atoms with Gasteiger partial charge in [-0.25, -0.2) is 0 Å². The smallest absolute Gasteiger partial charge is 0.326 e. The second-order valence-corrected chi connectivity index (χ2v) is 3.36. The van der Waals surface area contributed by atoms with Gasteiger partial charge in [0.25, 0.3) is 0 Å². The van der Waals surface area contributed by atoms with Gasteiger partial charge in [0.2, 0.25) is 5.91 Å². The van der Waals surface area contributed by atoms with Crippen molar-refractivity contribution in [3.8, 4) is 0 Å². The van der Waals surface area contributed by atoms with Gasteiger partial charge in [0.15, 0.2) is 0 Å². The Balaban J connectivity index is 3.27. The van der Waals surface area contributed by atoms with Crippen LogP contribution in [-0.2, 0) is 11.0 Å². The monoisotopic (exact) mass is 235 g/mol. The standard InChI is InChI=1S/C9H8F3NOS/c1-5(14)13-6-3-2-4-7(15)8(6)9(10,11)12/h2-4,15H,1H3,(H,13,14). The van der Waals surface area contributed by atoms with Crippen molar-refractivity contribution in [2.45, 2.75) is 18.0 Å². The molecule has 82 valence electrons. The fourth-order valence-corrected chi connectivity index (χ4v) is 1.47. The van der Waals surface area contributed by atoms with Crippen LogP contribution in [0.25, 0.3) is 0 Å². The number of hydrogen-bond acceptors (Lipinski definition) is 2. The van der Waals surface area contributed by atoms with Gasteiger partial charge in [0, 0.05) is 11.8 Å². The van der Waals surface area contributed by atoms with Crippen molar-refractivity contribution in [2.75, 3.05) is 5.32 Å². The molecule has 0 spiro atoms. The van der Waals surface area contributed by atoms with E-state index < -0.39 is 17.6 Å². The lowest BCUT2D eigenvalue weighted by Gasteiger charge is -2.14. The normalized spacial score (nSPS) is 11.3. The first-order valence-corrected chi connectivity index (χ1v) is 4.44. The van der Waals surface area contributed by atoms with E-state index >= 15 is 0 Å². The molecule has 0 saturated carbocycles. The minimum atomic E-state index is -4.53. The maximum absolute atomic E-state index is 12.6. The number of rotatable bonds is 1. The molecule has 0 atom stereocenters. The SMILES string of the molecule is CC(=O)Nc1cccc(S)c1C(F)(F)F. The van der Waals surface area contributed by atoms with E-state index in [0.717, 1.165) is 6.92 Å². The molecule has 1 aromatic rings. The summed E-state index contributed by atoms with van der Waals surface area (Å²) in [6, 6.07) is 3.80. The lowest BCUT2D eigenvalue weighted by molar-refractivity contribution is -0.139. The average Bonchev–Trinajstić information content (AvgIpc) is 1.99. The van der Waals surface area contributed by atoms with Gasteiger partial charge in [-0.05, 0) is 12.1 Å². The zero-order chi connectivity index (χ0) is 11.6. The molecule has 1 aromatic carbocycles. The first kappa shape index (κ1) is 11.9. The molecule has 0 saturated heterocycles. The highest BCUT2D eigenvalue weighted by atomic mass is 32.1. The molecule has 0 aliphatic heterocycles. The van der Waals surface area contributed by atoms with Crippen LogP contribution in [0.3, 0.4) is 0 Å². The van der Waals surface area contributed by atoms with Crippen molar-refractivity contribution in [1.29, 1.82) is 0 Å². The summed E-state index contributed by atoms with van der Waals surface area (Å²) < 4.78 is 37.7. The lowest BCUT2D eigenvalue weighted by Crippen LogP contribution is -2.14. The van der Waals surface area contributed by atoms with Crippen LogP contribution >= 0.6 is 12.6 Å². The van der Waals surface area contributed by atoms with Gasteiger partial charge >= 0.3 is 6.18 Å². The number of anilines is 1. The Morgan fingerprint density at radius 3 is 2.47 bits per heavy atom. The molecule has 0 bridgehead atoms. The number of nitrogens with one attached hydrogen (secondary N) is 1. The van der Waals surface area contributed by atoms with Crippen LogP contribution in [0.15, 0.2) is 23.1 Å². The molecule has 0 heterocycles. The molecular weight excluding hydrogens is 227 g/mol. The van der Waals surface area contributed by atoms with Gasteiger partial charge in [-0.3, -0.25) is 4.79 Å². The van der Waals surface area contributed by atoms with Gasteiger partial charge in [-0.15, -0.1) is 12.6 Å². The minimum Gasteiger partial charge on any atom is -0.326 e. The van der Waals surface area contributed by atoms with Gasteiger partial charge in [-0.2, -0.15) is 13.2 Å². The molecule has 0 fully saturated rings. The van der Waals surface area contributed by atoms with Crippen molar-refractivity contribution in [2.24, 2.45) is 0 Å². The van der Waals surface area contributed by atoms with Crippen LogP contribution in [0.4, 0.5) is 18.9 Å². The number of alkyl halides is 3. The van der Waals surface area contributed by atoms with Crippen molar-refractivity contribution in [3.63, 3.8) is 0 Å². The number of benzene rings is 1. The van der Waals surface area contributed by atoms with Crippen LogP contribution in [0.1, 0.15) is 12.5 Å². The van der Waals surface area contributed by atoms with Gasteiger partial charge in [-0.1, -0.05) is 6.07 Å². The van der Waals surface area contributed by atoms with Crippen LogP contribution in [0, 0.1) is 0 Å². The average molecular weight is 235 g/mol. The van der Waals surface area contributed by atoms with Crippen molar-refractivity contribution in [1.82, 2.24) is 0 Å². The summed E-state index contributed by atoms with van der Waals surface area (Å²) in [4.78, 5) is 10.5. The molecule has 0 aliphatic carbocycles. The van der Waals surface area contributed by atoms with Gasteiger partial charge in [0.05, 0.1) is 11.3 Å². The third kappa shape index (κ3) is 2.89. The zero-order valence-corrected chi connectivity index (χ0v) is 8.62. The Morgan fingerprint density at radius 2 is 2.00 bits per heavy atom. The Hall–Kier alpha value is -1.17. The molecule has 6 heteroatoms. The van der Waals surface area contributed by atoms with E-state index in [1.807, 2.05) is 0 Å². The van der Waals surface area contributed by atoms with E-state index in [-0.39, 0.29) is 10.6 Å². The molecular formula is C9H8F3NOS. The highest BCUT2D eigenvalue weighted by Gasteiger charge is 2.35. The third-order valence-corrected chi connectivity index (χ3v) is 2.01. The van der Waals surface area contributed by atoms with Gasteiger partial charge in [0.1, 0.15) is 0 Å². The minimum absolute atomic E-state index is 0.214. The number of amides is 1. The van der Waals surface area contributed by atoms with E-state index in [4.69, 9.17) is 0 Å². The summed E-state index contributed by atoms with van der Waals surface area (Å²) in [6.07, 6.45) is -4.53. The summed E-state index contributed by atoms with van der Waals surface area (Å²) >= 11 is 3.71. The lowest BCUT2D eigenvalue weighted by atomic mass is 10.1. The molecule has 0 aromatic heterocycles. The Labute approximate surface area is 89.9 Å². The van der Waals surface area contributed by atoms with Crippen molar-refractivity contribution in [3.05, 3.63) is 23.8 Å². The summed E-state index contributed by atoms with van der Waals surface area (Å²) in [5.74, 6) is -0.556. The first-order chi connectivity index (χ1) is 6.82. The predicted octanol–water partition coefficient (Wildman–Crippen LogP) is 2.95. The Kier molecular flexibility index (Phi) is 3.28. The summed E-state index contributed by atoms with van der Waals surface area (Å²) in [7, 11) is 0. The van der Waals surface area contributed by atoms with Crippen LogP contribution in [-0.4, -0.2) is 5.91 Å². The van der Waals surface area contributed by atoms with Crippen LogP contribution in [0.2, 0.25) is 0 Å². The van der Waals surface area contributed by atoms with E-state index in [9.17, 15) is 18.0 Å². The van der Waals surface area contributed by atoms with Crippen LogP contribution < -0.4 is 5.32 Å². The van der Waals surface area contributed by atoms with Crippen molar-refractivity contribution >= 4 is 24.2 Å². The maximum atomic E-state index is 12.6. The quantitative estimate of drug-likeness (QED) is 0.720. The number of halogens is 3. The Bertz CT molecular complexity index is 389. The largest absolute Gasteiger partial charge is 0.419 e. The summed E-state index contributed by atoms with van der Waals surface area (Å²) in [6.45, 7) is 1.14. The van der Waals surface area contributed by atoms with E-state index in [1.54, 1.807) is 0 Å². The van der Waals surface area contributed by atoms with E-state index in [0.29, 0.717) is 0 Å². The summed E-state index contributed by atoms with van der Waals surface area (Å²) in [5.41, 5.74) is -1.20. The topological polar surface area (TPSA) is 29.1 Å². The number of hydrogen-bond donors (Lipinski definition) is 2. The van der Waals surface area contributed by atoms with Crippen LogP contribution in [0.5, 0.6) is 0 Å². The first-order valence-electron chi connectivity index (χ1n) is 3.99. The number of carbonyl (C=O) groups excluding carboxylic acids is 1. The van der Waals surface area contributed by atoms with E-state index in [1.165, 1.54) is 18.2 Å². The fraction of sp³-hybridized carbons (Fsp3) is 0.222. The fourth-order valence-electron chi connectivity index (χ4n) is 1.13. The Morgan fingerprint density at radius 1 is 1.40 bits per heavy atom. The highest BCUT2D eigenvalue weighted by Crippen LogP contribution is 2.38. The molecule has 0 aliphatic rings. The second-order valence-electron chi connectivity index (χ2n) is 2.88. The number of thiol groups is 1. The highest BCUT2D eigenvalue weighted by molar-refractivity contribution is 7.80. The third-order valence-electron chi connectivity index (χ3n) is 1.64. The predicted molar refractivity (Wildman–Crippen MR) is 53.0 cm³/mol. The molecule has 1 rings (SSSR count). The molecule has 2 nitrogen and oxygen atoms in total. The molecule has 15 heavy (non-hydrogen) atoms. The molecule has 0 radical (unpaired) electrons. The zero-order valence-electron chi connectivity index (χ0n) is 7.72. The number of carbonyl (C=O) groups is 1. The maximum Gasteiger partial charge on any atom is 0.419 e. The van der Waals surface area contributed by atoms with E-state index in [2.05, 4.69) is 17.9 Å². The van der Waals surface area contributed by atoms with Crippen molar-refractivity contribution < 1.29 is 18.0 Å². The molecule has 1 amide bonds. The van der Waals surface area contributed by atoms with Gasteiger partial charge < -0.3 is 5.32 Å². The summed E-state index contributed by atoms with van der Waals surface area (Å²) in [5, 5.41) is 2.11. The molecule has 0 unspecified atom stereocenters. The molecule has 1 N–H and O–H groups in total. The second kappa shape index (κ2) is 4.14.